The second-order valence-corrected chi connectivity index (χ2v) is 15.1. The molecule has 0 aliphatic carbocycles. The van der Waals surface area contributed by atoms with Gasteiger partial charge in [-0.05, 0) is 70.0 Å². The fourth-order valence-electron chi connectivity index (χ4n) is 3.29. The van der Waals surface area contributed by atoms with Crippen molar-refractivity contribution in [2.45, 2.75) is 13.8 Å². The minimum atomic E-state index is -0.501. The largest absolute Gasteiger partial charge is 0.420 e. The van der Waals surface area contributed by atoms with Crippen LogP contribution in [0.1, 0.15) is 29.1 Å². The predicted octanol–water partition coefficient (Wildman–Crippen LogP) is 10.1. The summed E-state index contributed by atoms with van der Waals surface area (Å²) in [6, 6.07) is 7.15. The molecule has 0 radical (unpaired) electrons. The lowest BCUT2D eigenvalue weighted by Crippen LogP contribution is -2.09. The van der Waals surface area contributed by atoms with Gasteiger partial charge in [0.1, 0.15) is 9.75 Å². The van der Waals surface area contributed by atoms with Gasteiger partial charge in [-0.2, -0.15) is 0 Å². The van der Waals surface area contributed by atoms with Crippen LogP contribution in [0.4, 0.5) is 0 Å². The number of carbonyl (C=O) groups excluding carboxylic acids is 2. The number of halogens is 4. The third-order valence-electron chi connectivity index (χ3n) is 4.76. The van der Waals surface area contributed by atoms with Crippen LogP contribution < -0.4 is 9.47 Å². The van der Waals surface area contributed by atoms with Crippen LogP contribution in [0.25, 0.3) is 20.2 Å². The first-order valence-electron chi connectivity index (χ1n) is 9.44. The number of aryl methyl sites for hydroxylation is 2. The van der Waals surface area contributed by atoms with Crippen molar-refractivity contribution in [3.8, 4) is 11.5 Å². The number of benzene rings is 1. The molecular weight excluding hydrogens is 687 g/mol. The molecule has 0 spiro atoms. The SMILES string of the molecule is Cc1ccc(C(=O)Oc2c3sc(Br)c(Cl)c3c(OC(=O)c3ccc(C)s3)c3sc(Br)c(Cl)c23)s1. The highest BCUT2D eigenvalue weighted by atomic mass is 79.9. The van der Waals surface area contributed by atoms with E-state index >= 15 is 0 Å². The number of hydrogen-bond acceptors (Lipinski definition) is 8. The molecular formula is C22H10Br2Cl2O4S4. The van der Waals surface area contributed by atoms with Gasteiger partial charge in [0.2, 0.25) is 0 Å². The maximum atomic E-state index is 13.0. The zero-order valence-electron chi connectivity index (χ0n) is 17.1. The van der Waals surface area contributed by atoms with Crippen LogP contribution >= 0.6 is 100 Å². The molecule has 0 aliphatic heterocycles. The normalized spacial score (nSPS) is 11.5. The fourth-order valence-corrected chi connectivity index (χ4v) is 8.66. The average Bonchev–Trinajstić information content (AvgIpc) is 3.54. The summed E-state index contributed by atoms with van der Waals surface area (Å²) in [7, 11) is 0. The van der Waals surface area contributed by atoms with Gasteiger partial charge in [0, 0.05) is 9.75 Å². The molecule has 174 valence electrons. The monoisotopic (exact) mass is 694 g/mol. The van der Waals surface area contributed by atoms with E-state index in [9.17, 15) is 9.59 Å². The number of rotatable bonds is 4. The maximum absolute atomic E-state index is 13.0. The summed E-state index contributed by atoms with van der Waals surface area (Å²) in [6.45, 7) is 3.83. The molecule has 4 nitrogen and oxygen atoms in total. The van der Waals surface area contributed by atoms with Crippen molar-refractivity contribution in [2.75, 3.05) is 0 Å². The van der Waals surface area contributed by atoms with E-state index in [1.807, 2.05) is 26.0 Å². The fraction of sp³-hybridized carbons (Fsp3) is 0.0909. The van der Waals surface area contributed by atoms with Gasteiger partial charge in [0.25, 0.3) is 0 Å². The Bertz CT molecular complexity index is 1510. The molecule has 0 saturated carbocycles. The van der Waals surface area contributed by atoms with E-state index in [0.717, 1.165) is 9.75 Å². The second kappa shape index (κ2) is 9.48. The first-order chi connectivity index (χ1) is 16.2. The van der Waals surface area contributed by atoms with Crippen LogP contribution in [0.15, 0.2) is 31.8 Å². The maximum Gasteiger partial charge on any atom is 0.353 e. The van der Waals surface area contributed by atoms with Gasteiger partial charge in [0.05, 0.1) is 37.8 Å². The molecule has 0 unspecified atom stereocenters. The standard InChI is InChI=1S/C22H10Br2Cl2O4S4/c1-7-3-5-9(31-7)21(27)29-15-11-13(25)19(23)34-18(11)16(12-14(26)20(24)33-17(12)15)30-22(28)10-6-4-8(2)32-10/h3-6H,1-2H3. The number of ether oxygens (including phenoxy) is 2. The molecule has 5 aromatic rings. The van der Waals surface area contributed by atoms with E-state index in [1.54, 1.807) is 12.1 Å². The van der Waals surface area contributed by atoms with E-state index in [-0.39, 0.29) is 11.5 Å². The Labute approximate surface area is 236 Å². The molecule has 0 amide bonds. The molecule has 5 rings (SSSR count). The minimum Gasteiger partial charge on any atom is -0.420 e. The van der Waals surface area contributed by atoms with Gasteiger partial charge in [-0.15, -0.1) is 45.3 Å². The summed E-state index contributed by atoms with van der Waals surface area (Å²) < 4.78 is 14.2. The number of fused-ring (bicyclic) bond motifs is 2. The van der Waals surface area contributed by atoms with Crippen LogP contribution in [-0.2, 0) is 0 Å². The summed E-state index contributed by atoms with van der Waals surface area (Å²) in [5.41, 5.74) is 0. The van der Waals surface area contributed by atoms with E-state index in [1.165, 1.54) is 45.3 Å². The molecule has 0 aliphatic rings. The van der Waals surface area contributed by atoms with Gasteiger partial charge in [-0.25, -0.2) is 9.59 Å². The van der Waals surface area contributed by atoms with Gasteiger partial charge in [-0.1, -0.05) is 23.2 Å². The lowest BCUT2D eigenvalue weighted by Gasteiger charge is -2.12. The lowest BCUT2D eigenvalue weighted by molar-refractivity contribution is 0.0732. The van der Waals surface area contributed by atoms with Crippen molar-refractivity contribution in [3.05, 3.63) is 61.4 Å². The predicted molar refractivity (Wildman–Crippen MR) is 151 cm³/mol. The molecule has 0 bridgehead atoms. The van der Waals surface area contributed by atoms with Crippen LogP contribution in [0.2, 0.25) is 10.0 Å². The Balaban J connectivity index is 1.75. The first-order valence-corrected chi connectivity index (χ1v) is 15.0. The van der Waals surface area contributed by atoms with Crippen molar-refractivity contribution in [2.24, 2.45) is 0 Å². The highest BCUT2D eigenvalue weighted by Gasteiger charge is 2.30. The van der Waals surface area contributed by atoms with Crippen molar-refractivity contribution >= 4 is 133 Å². The molecule has 0 N–H and O–H groups in total. The third-order valence-corrected chi connectivity index (χ3v) is 11.9. The average molecular weight is 697 g/mol. The Morgan fingerprint density at radius 3 is 1.41 bits per heavy atom. The molecule has 4 heterocycles. The van der Waals surface area contributed by atoms with Crippen LogP contribution in [0.5, 0.6) is 11.5 Å². The van der Waals surface area contributed by atoms with Gasteiger partial charge < -0.3 is 9.47 Å². The van der Waals surface area contributed by atoms with Crippen LogP contribution in [0, 0.1) is 13.8 Å². The van der Waals surface area contributed by atoms with Crippen molar-refractivity contribution in [1.82, 2.24) is 0 Å². The Morgan fingerprint density at radius 2 is 1.09 bits per heavy atom. The first kappa shape index (κ1) is 24.7. The van der Waals surface area contributed by atoms with Crippen molar-refractivity contribution in [1.29, 1.82) is 0 Å². The zero-order valence-corrected chi connectivity index (χ0v) is 25.0. The molecule has 34 heavy (non-hydrogen) atoms. The summed E-state index contributed by atoms with van der Waals surface area (Å²) in [5, 5.41) is 1.67. The quantitative estimate of drug-likeness (QED) is 0.139. The van der Waals surface area contributed by atoms with Gasteiger partial charge in [0.15, 0.2) is 11.5 Å². The molecule has 0 saturated heterocycles. The van der Waals surface area contributed by atoms with E-state index in [2.05, 4.69) is 31.9 Å². The van der Waals surface area contributed by atoms with Gasteiger partial charge in [-0.3, -0.25) is 0 Å². The Kier molecular flexibility index (Phi) is 6.89. The third kappa shape index (κ3) is 4.26. The molecule has 0 fully saturated rings. The number of carbonyl (C=O) groups is 2. The highest BCUT2D eigenvalue weighted by Crippen LogP contribution is 2.57. The van der Waals surface area contributed by atoms with E-state index < -0.39 is 11.9 Å². The van der Waals surface area contributed by atoms with Crippen LogP contribution in [0.3, 0.4) is 0 Å². The number of esters is 2. The highest BCUT2D eigenvalue weighted by molar-refractivity contribution is 9.11. The minimum absolute atomic E-state index is 0.275. The summed E-state index contributed by atoms with van der Waals surface area (Å²) >= 11 is 25.5. The number of thiophene rings is 4. The molecule has 1 aromatic carbocycles. The smallest absolute Gasteiger partial charge is 0.353 e. The molecule has 0 atom stereocenters. The Hall–Kier alpha value is -0.980. The van der Waals surface area contributed by atoms with Crippen molar-refractivity contribution < 1.29 is 19.1 Å². The topological polar surface area (TPSA) is 52.6 Å². The van der Waals surface area contributed by atoms with Gasteiger partial charge >= 0.3 is 11.9 Å². The van der Waals surface area contributed by atoms with Crippen molar-refractivity contribution in [3.63, 3.8) is 0 Å². The Morgan fingerprint density at radius 1 is 0.706 bits per heavy atom. The molecule has 4 aromatic heterocycles. The second-order valence-electron chi connectivity index (χ2n) is 7.05. The van der Waals surface area contributed by atoms with Crippen LogP contribution in [-0.4, -0.2) is 11.9 Å². The summed E-state index contributed by atoms with van der Waals surface area (Å²) in [6.07, 6.45) is 0. The number of hydrogen-bond donors (Lipinski definition) is 0. The lowest BCUT2D eigenvalue weighted by atomic mass is 10.1. The van der Waals surface area contributed by atoms with E-state index in [4.69, 9.17) is 32.7 Å². The zero-order chi connectivity index (χ0) is 24.3. The summed E-state index contributed by atoms with van der Waals surface area (Å²) in [4.78, 5) is 28.9. The van der Waals surface area contributed by atoms with E-state index in [0.29, 0.717) is 47.5 Å². The summed E-state index contributed by atoms with van der Waals surface area (Å²) in [5.74, 6) is -0.452. The molecule has 12 heteroatoms.